The van der Waals surface area contributed by atoms with Crippen molar-refractivity contribution in [3.63, 3.8) is 0 Å². The van der Waals surface area contributed by atoms with Crippen LogP contribution >= 0.6 is 35.5 Å². The number of hydrogen-bond acceptors (Lipinski definition) is 7. The van der Waals surface area contributed by atoms with Gasteiger partial charge < -0.3 is 14.4 Å². The van der Waals surface area contributed by atoms with Crippen LogP contribution in [-0.2, 0) is 0 Å². The highest BCUT2D eigenvalue weighted by molar-refractivity contribution is 7.98. The van der Waals surface area contributed by atoms with Crippen molar-refractivity contribution in [3.05, 3.63) is 42.0 Å². The zero-order chi connectivity index (χ0) is 20.4. The second-order valence-electron chi connectivity index (χ2n) is 6.95. The number of thiazole rings is 1. The van der Waals surface area contributed by atoms with Crippen LogP contribution in [0.3, 0.4) is 0 Å². The second-order valence-corrected chi connectivity index (χ2v) is 8.84. The first kappa shape index (κ1) is 22.7. The van der Waals surface area contributed by atoms with Gasteiger partial charge in [-0.25, -0.2) is 4.98 Å². The fourth-order valence-corrected chi connectivity index (χ4v) is 4.60. The Kier molecular flexibility index (Phi) is 7.46. The van der Waals surface area contributed by atoms with Crippen molar-refractivity contribution in [2.24, 2.45) is 0 Å². The molecule has 1 aliphatic rings. The van der Waals surface area contributed by atoms with E-state index in [1.165, 1.54) is 4.90 Å². The lowest BCUT2D eigenvalue weighted by Crippen LogP contribution is -2.36. The molecule has 2 heterocycles. The van der Waals surface area contributed by atoms with Crippen molar-refractivity contribution in [1.29, 1.82) is 0 Å². The molecule has 0 bridgehead atoms. The molecule has 0 unspecified atom stereocenters. The van der Waals surface area contributed by atoms with Crippen LogP contribution in [-0.4, -0.2) is 62.4 Å². The molecule has 1 aromatic heterocycles. The van der Waals surface area contributed by atoms with Gasteiger partial charge in [0.1, 0.15) is 13.2 Å². The minimum Gasteiger partial charge on any atom is -0.486 e. The third-order valence-corrected chi connectivity index (χ3v) is 6.39. The van der Waals surface area contributed by atoms with Crippen LogP contribution in [0.4, 0.5) is 5.13 Å². The van der Waals surface area contributed by atoms with E-state index in [2.05, 4.69) is 23.3 Å². The van der Waals surface area contributed by atoms with Gasteiger partial charge in [0, 0.05) is 23.5 Å². The fraction of sp³-hybridized carbons (Fsp3) is 0.333. The average Bonchev–Trinajstić information content (AvgIpc) is 3.15. The number of likely N-dealkylation sites (N-methyl/N-ethyl adjacent to an activating group) is 1. The maximum atomic E-state index is 13.4. The lowest BCUT2D eigenvalue weighted by molar-refractivity contribution is 0.0984. The summed E-state index contributed by atoms with van der Waals surface area (Å²) >= 11 is 3.24. The number of benzene rings is 2. The smallest absolute Gasteiger partial charge is 0.260 e. The molecule has 4 rings (SSSR count). The molecule has 0 atom stereocenters. The zero-order valence-corrected chi connectivity index (χ0v) is 19.5. The number of rotatable bonds is 6. The molecule has 3 aromatic rings. The Morgan fingerprint density at radius 2 is 1.87 bits per heavy atom. The minimum absolute atomic E-state index is 0. The van der Waals surface area contributed by atoms with Crippen molar-refractivity contribution >= 4 is 56.8 Å². The van der Waals surface area contributed by atoms with Gasteiger partial charge >= 0.3 is 0 Å². The summed E-state index contributed by atoms with van der Waals surface area (Å²) in [6, 6.07) is 11.5. The molecule has 1 aliphatic heterocycles. The van der Waals surface area contributed by atoms with E-state index in [0.29, 0.717) is 42.0 Å². The van der Waals surface area contributed by atoms with Crippen LogP contribution in [0.15, 0.2) is 41.3 Å². The van der Waals surface area contributed by atoms with Crippen molar-refractivity contribution in [2.45, 2.75) is 4.90 Å². The number of hydrogen-bond donors (Lipinski definition) is 0. The number of carbonyl (C=O) groups excluding carboxylic acids is 1. The largest absolute Gasteiger partial charge is 0.486 e. The molecule has 0 fully saturated rings. The van der Waals surface area contributed by atoms with Gasteiger partial charge in [-0.15, -0.1) is 24.2 Å². The monoisotopic (exact) mass is 465 g/mol. The van der Waals surface area contributed by atoms with Crippen LogP contribution < -0.4 is 14.4 Å². The maximum Gasteiger partial charge on any atom is 0.260 e. The van der Waals surface area contributed by atoms with Gasteiger partial charge in [-0.05, 0) is 56.7 Å². The Labute approximate surface area is 190 Å². The Bertz CT molecular complexity index is 1040. The Morgan fingerprint density at radius 3 is 2.60 bits per heavy atom. The molecule has 0 spiro atoms. The molecule has 160 valence electrons. The fourth-order valence-electron chi connectivity index (χ4n) is 3.05. The van der Waals surface area contributed by atoms with Crippen molar-refractivity contribution in [1.82, 2.24) is 9.88 Å². The summed E-state index contributed by atoms with van der Waals surface area (Å²) in [6.45, 7) is 2.31. The normalized spacial score (nSPS) is 12.7. The van der Waals surface area contributed by atoms with E-state index in [1.54, 1.807) is 46.2 Å². The number of ether oxygens (including phenoxy) is 2. The Balaban J connectivity index is 0.00000256. The first-order chi connectivity index (χ1) is 14.0. The highest BCUT2D eigenvalue weighted by Crippen LogP contribution is 2.34. The van der Waals surface area contributed by atoms with Crippen molar-refractivity contribution in [3.8, 4) is 11.5 Å². The lowest BCUT2D eigenvalue weighted by Gasteiger charge is -2.23. The summed E-state index contributed by atoms with van der Waals surface area (Å²) < 4.78 is 12.3. The molecule has 0 saturated heterocycles. The second kappa shape index (κ2) is 9.87. The highest BCUT2D eigenvalue weighted by atomic mass is 35.5. The van der Waals surface area contributed by atoms with E-state index in [0.717, 1.165) is 16.8 Å². The molecule has 0 saturated carbocycles. The summed E-state index contributed by atoms with van der Waals surface area (Å²) in [5.41, 5.74) is 1.48. The van der Waals surface area contributed by atoms with E-state index < -0.39 is 0 Å². The summed E-state index contributed by atoms with van der Waals surface area (Å²) in [5, 5.41) is 0.708. The van der Waals surface area contributed by atoms with E-state index in [9.17, 15) is 4.79 Å². The van der Waals surface area contributed by atoms with E-state index >= 15 is 0 Å². The summed E-state index contributed by atoms with van der Waals surface area (Å²) in [4.78, 5) is 23.2. The van der Waals surface area contributed by atoms with Gasteiger partial charge in [0.25, 0.3) is 5.91 Å². The van der Waals surface area contributed by atoms with Gasteiger partial charge in [0.05, 0.1) is 10.2 Å². The third kappa shape index (κ3) is 4.83. The molecule has 1 amide bonds. The number of nitrogens with zero attached hydrogens (tertiary/aromatic N) is 3. The SMILES string of the molecule is CSc1ccc2nc(N(CCN(C)C)C(=O)c3ccc4c(c3)OCCO4)sc2c1.Cl. The molecule has 2 aromatic carbocycles. The van der Waals surface area contributed by atoms with Crippen LogP contribution in [0.2, 0.25) is 0 Å². The molecule has 0 radical (unpaired) electrons. The maximum absolute atomic E-state index is 13.4. The minimum atomic E-state index is -0.0898. The molecule has 0 N–H and O–H groups in total. The first-order valence-corrected chi connectivity index (χ1v) is 11.4. The number of amides is 1. The standard InChI is InChI=1S/C21H23N3O3S2.ClH/c1-23(2)8-9-24(21-22-16-6-5-15(28-3)13-19(16)29-21)20(25)14-4-7-17-18(12-14)27-11-10-26-17;/h4-7,12-13H,8-11H2,1-3H3;1H. The first-order valence-electron chi connectivity index (χ1n) is 9.36. The molecular formula is C21H24ClN3O3S2. The van der Waals surface area contributed by atoms with Gasteiger partial charge in [-0.1, -0.05) is 11.3 Å². The number of halogens is 1. The number of anilines is 1. The van der Waals surface area contributed by atoms with Gasteiger partial charge in [-0.3, -0.25) is 9.69 Å². The van der Waals surface area contributed by atoms with Gasteiger partial charge in [0.15, 0.2) is 16.6 Å². The van der Waals surface area contributed by atoms with Crippen LogP contribution in [0.1, 0.15) is 10.4 Å². The third-order valence-electron chi connectivity index (χ3n) is 4.62. The van der Waals surface area contributed by atoms with Crippen molar-refractivity contribution in [2.75, 3.05) is 51.6 Å². The average molecular weight is 466 g/mol. The molecular weight excluding hydrogens is 442 g/mol. The molecule has 0 aliphatic carbocycles. The summed E-state index contributed by atoms with van der Waals surface area (Å²) in [6.07, 6.45) is 2.05. The van der Waals surface area contributed by atoms with Gasteiger partial charge in [-0.2, -0.15) is 0 Å². The predicted molar refractivity (Wildman–Crippen MR) is 126 cm³/mol. The Morgan fingerprint density at radius 1 is 1.10 bits per heavy atom. The van der Waals surface area contributed by atoms with Crippen LogP contribution in [0.5, 0.6) is 11.5 Å². The summed E-state index contributed by atoms with van der Waals surface area (Å²) in [5.74, 6) is 1.20. The molecule has 6 nitrogen and oxygen atoms in total. The Hall–Kier alpha value is -2.00. The molecule has 9 heteroatoms. The topological polar surface area (TPSA) is 54.9 Å². The predicted octanol–water partition coefficient (Wildman–Crippen LogP) is 4.42. The number of aromatic nitrogens is 1. The van der Waals surface area contributed by atoms with E-state index in [-0.39, 0.29) is 18.3 Å². The summed E-state index contributed by atoms with van der Waals surface area (Å²) in [7, 11) is 3.99. The van der Waals surface area contributed by atoms with Crippen LogP contribution in [0, 0.1) is 0 Å². The number of carbonyl (C=O) groups is 1. The van der Waals surface area contributed by atoms with Crippen molar-refractivity contribution < 1.29 is 14.3 Å². The lowest BCUT2D eigenvalue weighted by atomic mass is 10.1. The quantitative estimate of drug-likeness (QED) is 0.502. The number of thioether (sulfide) groups is 1. The van der Waals surface area contributed by atoms with Crippen LogP contribution in [0.25, 0.3) is 10.2 Å². The highest BCUT2D eigenvalue weighted by Gasteiger charge is 2.23. The number of fused-ring (bicyclic) bond motifs is 2. The zero-order valence-electron chi connectivity index (χ0n) is 17.1. The van der Waals surface area contributed by atoms with E-state index in [4.69, 9.17) is 14.5 Å². The van der Waals surface area contributed by atoms with E-state index in [1.807, 2.05) is 20.2 Å². The molecule has 30 heavy (non-hydrogen) atoms. The van der Waals surface area contributed by atoms with Gasteiger partial charge in [0.2, 0.25) is 0 Å².